The van der Waals surface area contributed by atoms with Gasteiger partial charge in [-0.1, -0.05) is 6.92 Å². The summed E-state index contributed by atoms with van der Waals surface area (Å²) in [5.41, 5.74) is 1.39. The fourth-order valence-corrected chi connectivity index (χ4v) is 4.72. The molecule has 198 valence electrons. The van der Waals surface area contributed by atoms with Crippen molar-refractivity contribution in [2.45, 2.75) is 38.6 Å². The van der Waals surface area contributed by atoms with E-state index in [4.69, 9.17) is 13.9 Å². The first-order valence-electron chi connectivity index (χ1n) is 12.3. The molecule has 37 heavy (non-hydrogen) atoms. The molecule has 2 aromatic carbocycles. The van der Waals surface area contributed by atoms with Crippen LogP contribution in [-0.4, -0.2) is 63.0 Å². The number of fused-ring (bicyclic) bond motifs is 1. The molecular formula is C27H29F3N2O5. The van der Waals surface area contributed by atoms with E-state index in [1.165, 1.54) is 25.9 Å². The average molecular weight is 519 g/mol. The number of hydrogen-bond acceptors (Lipinski definition) is 6. The van der Waals surface area contributed by atoms with Crippen molar-refractivity contribution in [2.75, 3.05) is 33.4 Å². The van der Waals surface area contributed by atoms with E-state index < -0.39 is 24.7 Å². The summed E-state index contributed by atoms with van der Waals surface area (Å²) in [6.45, 7) is 2.66. The molecule has 0 spiro atoms. The first kappa shape index (κ1) is 25.3. The molecule has 1 aromatic heterocycles. The van der Waals surface area contributed by atoms with Gasteiger partial charge in [-0.3, -0.25) is 9.69 Å². The summed E-state index contributed by atoms with van der Waals surface area (Å²) in [5, 5.41) is 3.20. The Morgan fingerprint density at radius 1 is 1.24 bits per heavy atom. The Kier molecular flexibility index (Phi) is 7.19. The molecule has 2 fully saturated rings. The summed E-state index contributed by atoms with van der Waals surface area (Å²) >= 11 is 0. The van der Waals surface area contributed by atoms with E-state index >= 15 is 0 Å². The van der Waals surface area contributed by atoms with Crippen LogP contribution in [0.3, 0.4) is 0 Å². The van der Waals surface area contributed by atoms with Gasteiger partial charge in [0.1, 0.15) is 41.2 Å². The number of benzene rings is 2. The van der Waals surface area contributed by atoms with Crippen molar-refractivity contribution in [1.29, 1.82) is 0 Å². The van der Waals surface area contributed by atoms with Crippen LogP contribution >= 0.6 is 0 Å². The summed E-state index contributed by atoms with van der Waals surface area (Å²) in [6.07, 6.45) is 1.74. The van der Waals surface area contributed by atoms with Crippen LogP contribution in [0.5, 0.6) is 17.2 Å². The Hall–Kier alpha value is -3.40. The number of alkyl halides is 3. The maximum atomic E-state index is 13.3. The van der Waals surface area contributed by atoms with Crippen molar-refractivity contribution in [3.63, 3.8) is 0 Å². The second-order valence-corrected chi connectivity index (χ2v) is 9.61. The average Bonchev–Trinajstić information content (AvgIpc) is 3.20. The van der Waals surface area contributed by atoms with Crippen LogP contribution in [0.25, 0.3) is 22.1 Å². The summed E-state index contributed by atoms with van der Waals surface area (Å²) in [4.78, 5) is 15.1. The number of halogens is 3. The summed E-state index contributed by atoms with van der Waals surface area (Å²) < 4.78 is 61.5. The highest BCUT2D eigenvalue weighted by molar-refractivity contribution is 6.02. The van der Waals surface area contributed by atoms with Crippen LogP contribution in [-0.2, 0) is 0 Å². The van der Waals surface area contributed by atoms with Crippen LogP contribution in [0.15, 0.2) is 41.0 Å². The number of nitrogens with one attached hydrogen (secondary N) is 1. The van der Waals surface area contributed by atoms with E-state index in [2.05, 4.69) is 21.9 Å². The number of rotatable bonds is 10. The normalized spacial score (nSPS) is 21.4. The van der Waals surface area contributed by atoms with Gasteiger partial charge < -0.3 is 23.9 Å². The Morgan fingerprint density at radius 2 is 2.03 bits per heavy atom. The zero-order valence-electron chi connectivity index (χ0n) is 20.6. The minimum Gasteiger partial charge on any atom is -0.496 e. The van der Waals surface area contributed by atoms with Crippen molar-refractivity contribution in [1.82, 2.24) is 10.2 Å². The van der Waals surface area contributed by atoms with Crippen molar-refractivity contribution in [2.24, 2.45) is 5.92 Å². The molecule has 3 aromatic rings. The molecule has 1 amide bonds. The molecule has 5 rings (SSSR count). The topological polar surface area (TPSA) is 73.2 Å². The molecule has 2 aliphatic rings. The van der Waals surface area contributed by atoms with Gasteiger partial charge >= 0.3 is 6.61 Å². The van der Waals surface area contributed by atoms with Gasteiger partial charge in [-0.15, -0.1) is 0 Å². The lowest BCUT2D eigenvalue weighted by molar-refractivity contribution is -0.0502. The molecule has 3 atom stereocenters. The molecule has 1 aliphatic carbocycles. The first-order chi connectivity index (χ1) is 17.8. The standard InChI is InChI=1S/C27H29F3N2O5/c1-15-5-6-32(13-15)7-8-35-17-3-4-18-19(14-36-22(18)11-17)16-9-23(34-2)25(24(10-16)37-27(29)30)26(33)31-21-12-20(21)28/h3-4,9-11,14-15,20-21,27H,5-8,12-13H2,1-2H3,(H,31,33)/t15-,20+,21-/m1/s1. The Labute approximate surface area is 212 Å². The number of likely N-dealkylation sites (tertiary alicyclic amines) is 1. The minimum absolute atomic E-state index is 0.0206. The monoisotopic (exact) mass is 518 g/mol. The van der Waals surface area contributed by atoms with Crippen LogP contribution in [0.1, 0.15) is 30.1 Å². The summed E-state index contributed by atoms with van der Waals surface area (Å²) in [6, 6.07) is 7.66. The Balaban J connectivity index is 1.39. The van der Waals surface area contributed by atoms with E-state index in [-0.39, 0.29) is 23.5 Å². The fraction of sp³-hybridized carbons (Fsp3) is 0.444. The van der Waals surface area contributed by atoms with Crippen molar-refractivity contribution >= 4 is 16.9 Å². The molecule has 1 saturated heterocycles. The molecule has 0 radical (unpaired) electrons. The highest BCUT2D eigenvalue weighted by atomic mass is 19.3. The molecule has 0 bridgehead atoms. The Morgan fingerprint density at radius 3 is 2.70 bits per heavy atom. The fourth-order valence-electron chi connectivity index (χ4n) is 4.72. The smallest absolute Gasteiger partial charge is 0.387 e. The molecule has 1 N–H and O–H groups in total. The molecule has 7 nitrogen and oxygen atoms in total. The van der Waals surface area contributed by atoms with E-state index in [0.717, 1.165) is 25.0 Å². The molecule has 1 aliphatic heterocycles. The van der Waals surface area contributed by atoms with Crippen molar-refractivity contribution in [3.05, 3.63) is 42.2 Å². The third kappa shape index (κ3) is 5.64. The third-order valence-electron chi connectivity index (χ3n) is 6.80. The van der Waals surface area contributed by atoms with Gasteiger partial charge in [0, 0.05) is 36.5 Å². The largest absolute Gasteiger partial charge is 0.496 e. The van der Waals surface area contributed by atoms with E-state index in [1.54, 1.807) is 12.1 Å². The maximum Gasteiger partial charge on any atom is 0.387 e. The van der Waals surface area contributed by atoms with Gasteiger partial charge in [-0.05, 0) is 48.7 Å². The highest BCUT2D eigenvalue weighted by Crippen LogP contribution is 2.40. The lowest BCUT2D eigenvalue weighted by Crippen LogP contribution is -2.28. The minimum atomic E-state index is -3.18. The highest BCUT2D eigenvalue weighted by Gasteiger charge is 2.40. The SMILES string of the molecule is COc1cc(-c2coc3cc(OCCN4CC[C@@H](C)C4)ccc23)cc(OC(F)F)c1C(=O)N[C@@H]1C[C@@H]1F. The third-order valence-corrected chi connectivity index (χ3v) is 6.80. The number of carbonyl (C=O) groups excluding carboxylic acids is 1. The quantitative estimate of drug-likeness (QED) is 0.394. The predicted molar refractivity (Wildman–Crippen MR) is 131 cm³/mol. The number of methoxy groups -OCH3 is 1. The van der Waals surface area contributed by atoms with Crippen molar-refractivity contribution < 1.29 is 36.6 Å². The van der Waals surface area contributed by atoms with Gasteiger partial charge in [0.2, 0.25) is 0 Å². The second kappa shape index (κ2) is 10.5. The Bertz CT molecular complexity index is 1280. The maximum absolute atomic E-state index is 13.3. The van der Waals surface area contributed by atoms with Gasteiger partial charge in [-0.2, -0.15) is 8.78 Å². The van der Waals surface area contributed by atoms with Gasteiger partial charge in [0.15, 0.2) is 0 Å². The number of hydrogen-bond donors (Lipinski definition) is 1. The van der Waals surface area contributed by atoms with E-state index in [1.807, 2.05) is 12.1 Å². The number of furan rings is 1. The van der Waals surface area contributed by atoms with Crippen LogP contribution in [0.4, 0.5) is 13.2 Å². The zero-order chi connectivity index (χ0) is 26.1. The van der Waals surface area contributed by atoms with E-state index in [9.17, 15) is 18.0 Å². The zero-order valence-corrected chi connectivity index (χ0v) is 20.6. The lowest BCUT2D eigenvalue weighted by Gasteiger charge is -2.16. The van der Waals surface area contributed by atoms with Gasteiger partial charge in [-0.25, -0.2) is 4.39 Å². The summed E-state index contributed by atoms with van der Waals surface area (Å²) in [5.74, 6) is 0.285. The van der Waals surface area contributed by atoms with Crippen LogP contribution < -0.4 is 19.5 Å². The van der Waals surface area contributed by atoms with Crippen LogP contribution in [0.2, 0.25) is 0 Å². The lowest BCUT2D eigenvalue weighted by atomic mass is 10.0. The number of ether oxygens (including phenoxy) is 3. The summed E-state index contributed by atoms with van der Waals surface area (Å²) in [7, 11) is 1.32. The molecule has 10 heteroatoms. The first-order valence-corrected chi connectivity index (χ1v) is 12.3. The molecular weight excluding hydrogens is 489 g/mol. The molecule has 1 saturated carbocycles. The molecule has 0 unspecified atom stereocenters. The second-order valence-electron chi connectivity index (χ2n) is 9.61. The van der Waals surface area contributed by atoms with Crippen LogP contribution in [0, 0.1) is 5.92 Å². The predicted octanol–water partition coefficient (Wildman–Crippen LogP) is 5.27. The van der Waals surface area contributed by atoms with Gasteiger partial charge in [0.25, 0.3) is 5.91 Å². The number of nitrogens with zero attached hydrogens (tertiary/aromatic N) is 1. The van der Waals surface area contributed by atoms with Gasteiger partial charge in [0.05, 0.1) is 19.4 Å². The molecule has 2 heterocycles. The number of amides is 1. The van der Waals surface area contributed by atoms with E-state index in [0.29, 0.717) is 35.0 Å². The van der Waals surface area contributed by atoms with Crippen molar-refractivity contribution in [3.8, 4) is 28.4 Å². The number of carbonyl (C=O) groups is 1.